The number of carboxylic acid groups (broad SMARTS) is 1. The Morgan fingerprint density at radius 1 is 1.47 bits per heavy atom. The third-order valence-corrected chi connectivity index (χ3v) is 1.76. The lowest BCUT2D eigenvalue weighted by Crippen LogP contribution is -2.38. The minimum Gasteiger partial charge on any atom is -0.480 e. The van der Waals surface area contributed by atoms with Gasteiger partial charge in [0.05, 0.1) is 5.56 Å². The number of amides is 1. The first-order valence-corrected chi connectivity index (χ1v) is 4.23. The predicted octanol–water partition coefficient (Wildman–Crippen LogP) is -0.422. The van der Waals surface area contributed by atoms with Crippen LogP contribution in [0.25, 0.3) is 0 Å². The van der Waals surface area contributed by atoms with Crippen LogP contribution in [-0.2, 0) is 4.79 Å². The van der Waals surface area contributed by atoms with E-state index in [2.05, 4.69) is 10.3 Å². The van der Waals surface area contributed by atoms with Crippen LogP contribution >= 0.6 is 0 Å². The summed E-state index contributed by atoms with van der Waals surface area (Å²) in [7, 11) is 0. The highest BCUT2D eigenvalue weighted by Crippen LogP contribution is 1.94. The van der Waals surface area contributed by atoms with Crippen molar-refractivity contribution in [2.45, 2.75) is 13.0 Å². The van der Waals surface area contributed by atoms with Crippen molar-refractivity contribution in [3.8, 4) is 0 Å². The quantitative estimate of drug-likeness (QED) is 0.630. The minimum absolute atomic E-state index is 0.211. The second-order valence-electron chi connectivity index (χ2n) is 2.97. The van der Waals surface area contributed by atoms with Gasteiger partial charge in [-0.05, 0) is 13.0 Å². The second-order valence-corrected chi connectivity index (χ2v) is 2.97. The molecule has 6 nitrogen and oxygen atoms in total. The number of rotatable bonds is 3. The minimum atomic E-state index is -1.12. The number of hydrogen-bond donors (Lipinski definition) is 3. The van der Waals surface area contributed by atoms with Crippen molar-refractivity contribution >= 4 is 11.9 Å². The van der Waals surface area contributed by atoms with Crippen molar-refractivity contribution in [2.75, 3.05) is 0 Å². The SMILES string of the molecule is CC(NC(=O)c1ccc(=O)[nH]c1)C(=O)O. The molecule has 1 heterocycles. The smallest absolute Gasteiger partial charge is 0.325 e. The molecule has 1 rings (SSSR count). The normalized spacial score (nSPS) is 11.8. The van der Waals surface area contributed by atoms with Crippen LogP contribution < -0.4 is 10.9 Å². The number of nitrogens with one attached hydrogen (secondary N) is 2. The molecular formula is C9H10N2O4. The number of carbonyl (C=O) groups is 2. The molecule has 15 heavy (non-hydrogen) atoms. The number of H-pyrrole nitrogens is 1. The van der Waals surface area contributed by atoms with E-state index in [9.17, 15) is 14.4 Å². The maximum Gasteiger partial charge on any atom is 0.325 e. The Balaban J connectivity index is 2.73. The Hall–Kier alpha value is -2.11. The third-order valence-electron chi connectivity index (χ3n) is 1.76. The Kier molecular flexibility index (Phi) is 3.22. The summed E-state index contributed by atoms with van der Waals surface area (Å²) in [5.41, 5.74) is -0.111. The molecule has 0 fully saturated rings. The van der Waals surface area contributed by atoms with Crippen LogP contribution in [0, 0.1) is 0 Å². The number of pyridine rings is 1. The highest BCUT2D eigenvalue weighted by molar-refractivity contribution is 5.96. The standard InChI is InChI=1S/C9H10N2O4/c1-5(9(14)15)11-8(13)6-2-3-7(12)10-4-6/h2-5H,1H3,(H,10,12)(H,11,13)(H,14,15). The molecule has 0 bridgehead atoms. The van der Waals surface area contributed by atoms with Gasteiger partial charge in [-0.2, -0.15) is 0 Å². The Morgan fingerprint density at radius 3 is 2.60 bits per heavy atom. The molecule has 0 aromatic carbocycles. The van der Waals surface area contributed by atoms with E-state index in [1.165, 1.54) is 25.3 Å². The maximum atomic E-state index is 11.4. The fraction of sp³-hybridized carbons (Fsp3) is 0.222. The van der Waals surface area contributed by atoms with Crippen molar-refractivity contribution in [3.05, 3.63) is 34.2 Å². The van der Waals surface area contributed by atoms with Crippen molar-refractivity contribution in [3.63, 3.8) is 0 Å². The first kappa shape index (κ1) is 11.0. The average Bonchev–Trinajstić information content (AvgIpc) is 2.18. The molecule has 6 heteroatoms. The lowest BCUT2D eigenvalue weighted by Gasteiger charge is -2.08. The van der Waals surface area contributed by atoms with Gasteiger partial charge in [0, 0.05) is 12.3 Å². The van der Waals surface area contributed by atoms with Crippen LogP contribution in [0.1, 0.15) is 17.3 Å². The van der Waals surface area contributed by atoms with Gasteiger partial charge in [-0.3, -0.25) is 14.4 Å². The molecule has 0 aliphatic rings. The number of carbonyl (C=O) groups excluding carboxylic acids is 1. The Morgan fingerprint density at radius 2 is 2.13 bits per heavy atom. The van der Waals surface area contributed by atoms with Gasteiger partial charge in [-0.15, -0.1) is 0 Å². The summed E-state index contributed by atoms with van der Waals surface area (Å²) in [6.07, 6.45) is 1.23. The molecule has 0 radical (unpaired) electrons. The van der Waals surface area contributed by atoms with E-state index in [-0.39, 0.29) is 11.1 Å². The van der Waals surface area contributed by atoms with Crippen LogP contribution in [-0.4, -0.2) is 28.0 Å². The van der Waals surface area contributed by atoms with E-state index in [1.54, 1.807) is 0 Å². The largest absolute Gasteiger partial charge is 0.480 e. The Bertz CT molecular complexity index is 417. The van der Waals surface area contributed by atoms with E-state index in [0.29, 0.717) is 0 Å². The van der Waals surface area contributed by atoms with Crippen LogP contribution in [0.5, 0.6) is 0 Å². The molecule has 3 N–H and O–H groups in total. The van der Waals surface area contributed by atoms with E-state index in [4.69, 9.17) is 5.11 Å². The van der Waals surface area contributed by atoms with Crippen LogP contribution in [0.3, 0.4) is 0 Å². The van der Waals surface area contributed by atoms with E-state index in [1.807, 2.05) is 0 Å². The molecule has 0 saturated carbocycles. The fourth-order valence-corrected chi connectivity index (χ4v) is 0.894. The van der Waals surface area contributed by atoms with E-state index in [0.717, 1.165) is 0 Å². The van der Waals surface area contributed by atoms with Gasteiger partial charge in [-0.25, -0.2) is 0 Å². The first-order valence-electron chi connectivity index (χ1n) is 4.23. The average molecular weight is 210 g/mol. The van der Waals surface area contributed by atoms with Crippen molar-refractivity contribution < 1.29 is 14.7 Å². The lowest BCUT2D eigenvalue weighted by molar-refractivity contribution is -0.138. The zero-order valence-corrected chi connectivity index (χ0v) is 7.98. The summed E-state index contributed by atoms with van der Waals surface area (Å²) in [5, 5.41) is 10.8. The summed E-state index contributed by atoms with van der Waals surface area (Å²) in [6, 6.07) is 1.55. The van der Waals surface area contributed by atoms with Gasteiger partial charge >= 0.3 is 5.97 Å². The zero-order valence-electron chi connectivity index (χ0n) is 7.98. The van der Waals surface area contributed by atoms with Gasteiger partial charge in [0.15, 0.2) is 0 Å². The van der Waals surface area contributed by atoms with Gasteiger partial charge < -0.3 is 15.4 Å². The summed E-state index contributed by atoms with van der Waals surface area (Å²) >= 11 is 0. The third kappa shape index (κ3) is 2.94. The molecule has 1 aromatic rings. The fourth-order valence-electron chi connectivity index (χ4n) is 0.894. The monoisotopic (exact) mass is 210 g/mol. The maximum absolute atomic E-state index is 11.4. The first-order chi connectivity index (χ1) is 7.00. The molecule has 0 spiro atoms. The van der Waals surface area contributed by atoms with Crippen LogP contribution in [0.2, 0.25) is 0 Å². The number of aromatic amines is 1. The van der Waals surface area contributed by atoms with E-state index < -0.39 is 17.9 Å². The molecule has 0 saturated heterocycles. The summed E-state index contributed by atoms with van der Waals surface area (Å²) in [6.45, 7) is 1.35. The predicted molar refractivity (Wildman–Crippen MR) is 51.6 cm³/mol. The number of aromatic nitrogens is 1. The van der Waals surface area contributed by atoms with Gasteiger partial charge in [0.2, 0.25) is 5.56 Å². The topological polar surface area (TPSA) is 99.3 Å². The molecule has 80 valence electrons. The highest BCUT2D eigenvalue weighted by atomic mass is 16.4. The summed E-state index contributed by atoms with van der Waals surface area (Å²) in [5.74, 6) is -1.66. The van der Waals surface area contributed by atoms with Crippen LogP contribution in [0.4, 0.5) is 0 Å². The molecule has 0 aliphatic carbocycles. The van der Waals surface area contributed by atoms with Gasteiger partial charge in [-0.1, -0.05) is 0 Å². The number of hydrogen-bond acceptors (Lipinski definition) is 3. The molecular weight excluding hydrogens is 200 g/mol. The summed E-state index contributed by atoms with van der Waals surface area (Å²) in [4.78, 5) is 34.8. The Labute approximate surface area is 84.9 Å². The van der Waals surface area contributed by atoms with Crippen molar-refractivity contribution in [1.82, 2.24) is 10.3 Å². The molecule has 1 aromatic heterocycles. The van der Waals surface area contributed by atoms with Crippen LogP contribution in [0.15, 0.2) is 23.1 Å². The van der Waals surface area contributed by atoms with E-state index >= 15 is 0 Å². The van der Waals surface area contributed by atoms with Gasteiger partial charge in [0.1, 0.15) is 6.04 Å². The number of carboxylic acids is 1. The molecule has 1 atom stereocenters. The molecule has 1 amide bonds. The number of aliphatic carboxylic acids is 1. The molecule has 0 aliphatic heterocycles. The zero-order chi connectivity index (χ0) is 11.4. The van der Waals surface area contributed by atoms with Crippen molar-refractivity contribution in [1.29, 1.82) is 0 Å². The van der Waals surface area contributed by atoms with Crippen molar-refractivity contribution in [2.24, 2.45) is 0 Å². The lowest BCUT2D eigenvalue weighted by atomic mass is 10.2. The molecule has 1 unspecified atom stereocenters. The summed E-state index contributed by atoms with van der Waals surface area (Å²) < 4.78 is 0. The van der Waals surface area contributed by atoms with Gasteiger partial charge in [0.25, 0.3) is 5.91 Å². The highest BCUT2D eigenvalue weighted by Gasteiger charge is 2.14. The second kappa shape index (κ2) is 4.41.